The lowest BCUT2D eigenvalue weighted by molar-refractivity contribution is -0.144. The normalized spacial score (nSPS) is 19.9. The Morgan fingerprint density at radius 3 is 2.81 bits per heavy atom. The number of anilines is 1. The highest BCUT2D eigenvalue weighted by Crippen LogP contribution is 2.40. The molecule has 21 heavy (non-hydrogen) atoms. The molecule has 1 aliphatic carbocycles. The van der Waals surface area contributed by atoms with E-state index in [9.17, 15) is 14.7 Å². The van der Waals surface area contributed by atoms with Gasteiger partial charge in [-0.2, -0.15) is 0 Å². The topological polar surface area (TPSA) is 78.4 Å². The maximum Gasteiger partial charge on any atom is 0.329 e. The van der Waals surface area contributed by atoms with Gasteiger partial charge in [0.2, 0.25) is 0 Å². The van der Waals surface area contributed by atoms with Gasteiger partial charge in [0.15, 0.2) is 0 Å². The van der Waals surface area contributed by atoms with Crippen LogP contribution in [0, 0.1) is 5.92 Å². The largest absolute Gasteiger partial charge is 0.480 e. The maximum atomic E-state index is 12.6. The third kappa shape index (κ3) is 2.48. The molecule has 112 valence electrons. The Morgan fingerprint density at radius 1 is 1.38 bits per heavy atom. The summed E-state index contributed by atoms with van der Waals surface area (Å²) < 4.78 is 0. The van der Waals surface area contributed by atoms with Crippen LogP contribution in [0.3, 0.4) is 0 Å². The summed E-state index contributed by atoms with van der Waals surface area (Å²) in [5.41, 5.74) is 1.40. The highest BCUT2D eigenvalue weighted by Gasteiger charge is 2.48. The minimum absolute atomic E-state index is 0.0385. The third-order valence-corrected chi connectivity index (χ3v) is 4.55. The molecule has 0 spiro atoms. The van der Waals surface area contributed by atoms with E-state index in [1.54, 1.807) is 13.0 Å². The lowest BCUT2D eigenvalue weighted by Gasteiger charge is -2.27. The zero-order valence-electron chi connectivity index (χ0n) is 12.1. The summed E-state index contributed by atoms with van der Waals surface area (Å²) in [5, 5.41) is 15.5. The highest BCUT2D eigenvalue weighted by molar-refractivity contribution is 6.00. The zero-order chi connectivity index (χ0) is 15.0. The molecule has 1 aromatic carbocycles. The third-order valence-electron chi connectivity index (χ3n) is 4.55. The number of carbonyl (C=O) groups excluding carboxylic acids is 1. The van der Waals surface area contributed by atoms with Gasteiger partial charge in [0.1, 0.15) is 5.54 Å². The minimum atomic E-state index is -1.16. The molecule has 3 rings (SSSR count). The molecule has 1 unspecified atom stereocenters. The van der Waals surface area contributed by atoms with E-state index in [0.29, 0.717) is 5.56 Å². The summed E-state index contributed by atoms with van der Waals surface area (Å²) >= 11 is 0. The van der Waals surface area contributed by atoms with Crippen molar-refractivity contribution < 1.29 is 14.7 Å². The summed E-state index contributed by atoms with van der Waals surface area (Å²) in [6.45, 7) is 2.52. The first-order valence-corrected chi connectivity index (χ1v) is 7.44. The van der Waals surface area contributed by atoms with Gasteiger partial charge in [0, 0.05) is 17.8 Å². The van der Waals surface area contributed by atoms with Gasteiger partial charge in [0.05, 0.1) is 0 Å². The molecule has 1 aromatic rings. The number of benzene rings is 1. The molecule has 0 bridgehead atoms. The Kier molecular flexibility index (Phi) is 3.35. The highest BCUT2D eigenvalue weighted by atomic mass is 16.4. The van der Waals surface area contributed by atoms with Gasteiger partial charge < -0.3 is 15.7 Å². The molecule has 1 saturated carbocycles. The number of amides is 1. The van der Waals surface area contributed by atoms with Gasteiger partial charge in [-0.25, -0.2) is 4.79 Å². The Balaban J connectivity index is 1.87. The van der Waals surface area contributed by atoms with Gasteiger partial charge in [0.25, 0.3) is 5.91 Å². The molecule has 1 heterocycles. The molecule has 0 saturated heterocycles. The number of carbonyl (C=O) groups is 2. The molecule has 5 heteroatoms. The van der Waals surface area contributed by atoms with Crippen LogP contribution >= 0.6 is 0 Å². The fourth-order valence-electron chi connectivity index (χ4n) is 3.02. The number of carboxylic acid groups (broad SMARTS) is 1. The Labute approximate surface area is 123 Å². The molecule has 1 aliphatic heterocycles. The van der Waals surface area contributed by atoms with Crippen molar-refractivity contribution in [2.45, 2.75) is 38.1 Å². The summed E-state index contributed by atoms with van der Waals surface area (Å²) in [4.78, 5) is 24.1. The first-order valence-electron chi connectivity index (χ1n) is 7.44. The van der Waals surface area contributed by atoms with Crippen molar-refractivity contribution in [1.29, 1.82) is 0 Å². The second-order valence-corrected chi connectivity index (χ2v) is 6.10. The fraction of sp³-hybridized carbons (Fsp3) is 0.500. The van der Waals surface area contributed by atoms with Crippen LogP contribution in [-0.4, -0.2) is 29.1 Å². The molecular formula is C16H20N2O3. The van der Waals surface area contributed by atoms with Crippen LogP contribution in [0.4, 0.5) is 5.69 Å². The molecule has 1 atom stereocenters. The summed E-state index contributed by atoms with van der Waals surface area (Å²) in [7, 11) is 0. The van der Waals surface area contributed by atoms with E-state index in [0.717, 1.165) is 43.5 Å². The van der Waals surface area contributed by atoms with Crippen molar-refractivity contribution in [3.8, 4) is 0 Å². The lowest BCUT2D eigenvalue weighted by atomic mass is 9.93. The van der Waals surface area contributed by atoms with E-state index in [-0.39, 0.29) is 11.8 Å². The van der Waals surface area contributed by atoms with Gasteiger partial charge in [-0.1, -0.05) is 6.07 Å². The van der Waals surface area contributed by atoms with E-state index in [2.05, 4.69) is 10.6 Å². The first-order chi connectivity index (χ1) is 10.0. The molecule has 0 radical (unpaired) electrons. The van der Waals surface area contributed by atoms with Gasteiger partial charge >= 0.3 is 5.97 Å². The quantitative estimate of drug-likeness (QED) is 0.792. The lowest BCUT2D eigenvalue weighted by Crippen LogP contribution is -2.54. The number of hydrogen-bond donors (Lipinski definition) is 3. The van der Waals surface area contributed by atoms with E-state index < -0.39 is 11.5 Å². The molecule has 0 aromatic heterocycles. The molecule has 5 nitrogen and oxygen atoms in total. The SMILES string of the molecule is CC(NC(=O)c1cccc2c1CCCN2)(C(=O)O)C1CC1. The van der Waals surface area contributed by atoms with Crippen molar-refractivity contribution in [2.24, 2.45) is 5.92 Å². The summed E-state index contributed by atoms with van der Waals surface area (Å²) in [6.07, 6.45) is 3.55. The van der Waals surface area contributed by atoms with Gasteiger partial charge in [-0.3, -0.25) is 4.79 Å². The molecule has 1 fully saturated rings. The fourth-order valence-corrected chi connectivity index (χ4v) is 3.02. The van der Waals surface area contributed by atoms with Crippen molar-refractivity contribution in [2.75, 3.05) is 11.9 Å². The minimum Gasteiger partial charge on any atom is -0.480 e. The van der Waals surface area contributed by atoms with E-state index in [4.69, 9.17) is 0 Å². The standard InChI is InChI=1S/C16H20N2O3/c1-16(15(20)21,10-7-8-10)18-14(19)12-4-2-6-13-11(12)5-3-9-17-13/h2,4,6,10,17H,3,5,7-9H2,1H3,(H,18,19)(H,20,21). The average Bonchev–Trinajstić information content (AvgIpc) is 3.31. The summed E-state index contributed by atoms with van der Waals surface area (Å²) in [6, 6.07) is 5.57. The number of hydrogen-bond acceptors (Lipinski definition) is 3. The van der Waals surface area contributed by atoms with Crippen LogP contribution < -0.4 is 10.6 Å². The van der Waals surface area contributed by atoms with Crippen LogP contribution in [0.25, 0.3) is 0 Å². The van der Waals surface area contributed by atoms with Crippen molar-refractivity contribution in [3.05, 3.63) is 29.3 Å². The van der Waals surface area contributed by atoms with E-state index >= 15 is 0 Å². The average molecular weight is 288 g/mol. The smallest absolute Gasteiger partial charge is 0.329 e. The van der Waals surface area contributed by atoms with Gasteiger partial charge in [-0.15, -0.1) is 0 Å². The van der Waals surface area contributed by atoms with Crippen molar-refractivity contribution in [1.82, 2.24) is 5.32 Å². The maximum absolute atomic E-state index is 12.6. The van der Waals surface area contributed by atoms with Crippen molar-refractivity contribution >= 4 is 17.6 Å². The number of nitrogens with one attached hydrogen (secondary N) is 2. The second kappa shape index (κ2) is 5.06. The van der Waals surface area contributed by atoms with Crippen LogP contribution in [0.5, 0.6) is 0 Å². The molecule has 1 amide bonds. The Hall–Kier alpha value is -2.04. The Morgan fingerprint density at radius 2 is 2.14 bits per heavy atom. The van der Waals surface area contributed by atoms with Crippen LogP contribution in [0.2, 0.25) is 0 Å². The van der Waals surface area contributed by atoms with Gasteiger partial charge in [-0.05, 0) is 56.2 Å². The monoisotopic (exact) mass is 288 g/mol. The number of aliphatic carboxylic acids is 1. The van der Waals surface area contributed by atoms with E-state index in [1.165, 1.54) is 0 Å². The number of rotatable bonds is 4. The number of carboxylic acids is 1. The van der Waals surface area contributed by atoms with Crippen LogP contribution in [-0.2, 0) is 11.2 Å². The Bertz CT molecular complexity index is 595. The van der Waals surface area contributed by atoms with Crippen LogP contribution in [0.15, 0.2) is 18.2 Å². The predicted molar refractivity (Wildman–Crippen MR) is 79.5 cm³/mol. The predicted octanol–water partition coefficient (Wildman–Crippen LogP) is 2.03. The van der Waals surface area contributed by atoms with E-state index in [1.807, 2.05) is 12.1 Å². The first kappa shape index (κ1) is 13.9. The zero-order valence-corrected chi connectivity index (χ0v) is 12.1. The second-order valence-electron chi connectivity index (χ2n) is 6.10. The summed E-state index contributed by atoms with van der Waals surface area (Å²) in [5.74, 6) is -1.20. The molecule has 2 aliphatic rings. The van der Waals surface area contributed by atoms with Crippen LogP contribution in [0.1, 0.15) is 42.1 Å². The van der Waals surface area contributed by atoms with Crippen molar-refractivity contribution in [3.63, 3.8) is 0 Å². The number of fused-ring (bicyclic) bond motifs is 1. The molecular weight excluding hydrogens is 268 g/mol. The molecule has 3 N–H and O–H groups in total.